The molecule has 1 aromatic heterocycles. The van der Waals surface area contributed by atoms with Gasteiger partial charge in [-0.25, -0.2) is 9.18 Å². The van der Waals surface area contributed by atoms with Gasteiger partial charge in [0.2, 0.25) is 5.13 Å². The van der Waals surface area contributed by atoms with E-state index in [2.05, 4.69) is 20.3 Å². The predicted octanol–water partition coefficient (Wildman–Crippen LogP) is 3.31. The number of amides is 1. The standard InChI is InChI=1S/C11H9FN4O4S2/c1-2-20-10(17)13-9-14-15-11(22-9)21-8-4-3-6(16(18)19)5-7(8)12/h3-5H,2H2,1H3,(H,13,14,17). The van der Waals surface area contributed by atoms with Crippen molar-refractivity contribution in [3.8, 4) is 0 Å². The summed E-state index contributed by atoms with van der Waals surface area (Å²) in [6.45, 7) is 1.89. The van der Waals surface area contributed by atoms with Gasteiger partial charge < -0.3 is 4.74 Å². The molecule has 11 heteroatoms. The van der Waals surface area contributed by atoms with Crippen molar-refractivity contribution in [2.45, 2.75) is 16.2 Å². The van der Waals surface area contributed by atoms with Crippen LogP contribution in [0.4, 0.5) is 20.0 Å². The molecule has 0 saturated heterocycles. The summed E-state index contributed by atoms with van der Waals surface area (Å²) in [5.41, 5.74) is -0.330. The molecule has 0 unspecified atom stereocenters. The lowest BCUT2D eigenvalue weighted by Gasteiger charge is -2.00. The van der Waals surface area contributed by atoms with Crippen LogP contribution in [0.1, 0.15) is 6.92 Å². The van der Waals surface area contributed by atoms with E-state index in [1.165, 1.54) is 12.1 Å². The summed E-state index contributed by atoms with van der Waals surface area (Å²) in [4.78, 5) is 21.2. The SMILES string of the molecule is CCOC(=O)Nc1nnc(Sc2ccc([N+](=O)[O-])cc2F)s1. The van der Waals surface area contributed by atoms with Crippen LogP contribution < -0.4 is 5.32 Å². The number of anilines is 1. The van der Waals surface area contributed by atoms with Gasteiger partial charge in [-0.15, -0.1) is 10.2 Å². The van der Waals surface area contributed by atoms with E-state index in [9.17, 15) is 19.3 Å². The molecule has 1 heterocycles. The molecule has 2 aromatic rings. The number of nitro groups is 1. The molecule has 0 fully saturated rings. The maximum absolute atomic E-state index is 13.8. The Morgan fingerprint density at radius 1 is 1.55 bits per heavy atom. The van der Waals surface area contributed by atoms with E-state index in [1.807, 2.05) is 0 Å². The maximum Gasteiger partial charge on any atom is 0.413 e. The van der Waals surface area contributed by atoms with Crippen LogP contribution in [0.25, 0.3) is 0 Å². The van der Waals surface area contributed by atoms with Crippen molar-refractivity contribution in [1.29, 1.82) is 0 Å². The topological polar surface area (TPSA) is 107 Å². The Balaban J connectivity index is 2.07. The van der Waals surface area contributed by atoms with E-state index in [0.717, 1.165) is 29.2 Å². The number of halogens is 1. The average molecular weight is 344 g/mol. The normalized spacial score (nSPS) is 10.3. The van der Waals surface area contributed by atoms with Gasteiger partial charge in [0.05, 0.1) is 22.5 Å². The van der Waals surface area contributed by atoms with E-state index < -0.39 is 16.8 Å². The molecule has 22 heavy (non-hydrogen) atoms. The number of aromatic nitrogens is 2. The van der Waals surface area contributed by atoms with Gasteiger partial charge in [-0.3, -0.25) is 15.4 Å². The second-order valence-electron chi connectivity index (χ2n) is 3.69. The lowest BCUT2D eigenvalue weighted by molar-refractivity contribution is -0.385. The fourth-order valence-corrected chi connectivity index (χ4v) is 3.03. The molecule has 0 aliphatic carbocycles. The largest absolute Gasteiger partial charge is 0.450 e. The van der Waals surface area contributed by atoms with Gasteiger partial charge in [-0.1, -0.05) is 23.1 Å². The van der Waals surface area contributed by atoms with Gasteiger partial charge in [-0.05, 0) is 13.0 Å². The highest BCUT2D eigenvalue weighted by molar-refractivity contribution is 8.01. The van der Waals surface area contributed by atoms with Crippen LogP contribution in [0.3, 0.4) is 0 Å². The summed E-state index contributed by atoms with van der Waals surface area (Å²) in [7, 11) is 0. The molecule has 116 valence electrons. The average Bonchev–Trinajstić information content (AvgIpc) is 2.88. The highest BCUT2D eigenvalue weighted by atomic mass is 32.2. The summed E-state index contributed by atoms with van der Waals surface area (Å²) < 4.78 is 18.8. The number of ether oxygens (including phenoxy) is 1. The Labute approximate surface area is 131 Å². The number of hydrogen-bond acceptors (Lipinski definition) is 8. The number of non-ortho nitro benzene ring substituents is 1. The van der Waals surface area contributed by atoms with Gasteiger partial charge in [0, 0.05) is 6.07 Å². The highest BCUT2D eigenvalue weighted by Gasteiger charge is 2.14. The third kappa shape index (κ3) is 4.11. The van der Waals surface area contributed by atoms with Crippen LogP contribution in [-0.2, 0) is 4.74 Å². The molecule has 2 rings (SSSR count). The van der Waals surface area contributed by atoms with Crippen LogP contribution in [0, 0.1) is 15.9 Å². The van der Waals surface area contributed by atoms with Crippen LogP contribution >= 0.6 is 23.1 Å². The zero-order valence-electron chi connectivity index (χ0n) is 11.1. The van der Waals surface area contributed by atoms with Gasteiger partial charge in [0.25, 0.3) is 5.69 Å². The molecule has 1 aromatic carbocycles. The van der Waals surface area contributed by atoms with Crippen LogP contribution in [0.15, 0.2) is 27.4 Å². The lowest BCUT2D eigenvalue weighted by atomic mass is 10.3. The lowest BCUT2D eigenvalue weighted by Crippen LogP contribution is -2.12. The predicted molar refractivity (Wildman–Crippen MR) is 77.7 cm³/mol. The molecular weight excluding hydrogens is 335 g/mol. The molecule has 1 N–H and O–H groups in total. The first-order chi connectivity index (χ1) is 10.5. The maximum atomic E-state index is 13.8. The molecule has 0 saturated carbocycles. The minimum absolute atomic E-state index is 0.171. The molecule has 0 aliphatic heterocycles. The molecule has 0 spiro atoms. The van der Waals surface area contributed by atoms with Crippen LogP contribution in [0.2, 0.25) is 0 Å². The van der Waals surface area contributed by atoms with Crippen molar-refractivity contribution >= 4 is 40.0 Å². The van der Waals surface area contributed by atoms with E-state index in [4.69, 9.17) is 0 Å². The summed E-state index contributed by atoms with van der Waals surface area (Å²) in [6.07, 6.45) is -0.656. The van der Waals surface area contributed by atoms with Crippen LogP contribution in [0.5, 0.6) is 0 Å². The molecule has 8 nitrogen and oxygen atoms in total. The second-order valence-corrected chi connectivity index (χ2v) is 5.96. The molecule has 0 atom stereocenters. The number of benzene rings is 1. The summed E-state index contributed by atoms with van der Waals surface area (Å²) >= 11 is 1.98. The van der Waals surface area contributed by atoms with E-state index >= 15 is 0 Å². The highest BCUT2D eigenvalue weighted by Crippen LogP contribution is 2.34. The fourth-order valence-electron chi connectivity index (χ4n) is 1.34. The second kappa shape index (κ2) is 7.13. The van der Waals surface area contributed by atoms with Crippen molar-refractivity contribution in [2.75, 3.05) is 11.9 Å². The number of nitrogens with zero attached hydrogens (tertiary/aromatic N) is 3. The first-order valence-electron chi connectivity index (χ1n) is 5.88. The van der Waals surface area contributed by atoms with Crippen molar-refractivity contribution in [2.24, 2.45) is 0 Å². The number of carbonyl (C=O) groups excluding carboxylic acids is 1. The monoisotopic (exact) mass is 344 g/mol. The zero-order chi connectivity index (χ0) is 16.1. The fraction of sp³-hybridized carbons (Fsp3) is 0.182. The van der Waals surface area contributed by atoms with Gasteiger partial charge in [0.15, 0.2) is 4.34 Å². The Morgan fingerprint density at radius 3 is 2.95 bits per heavy atom. The Hall–Kier alpha value is -2.27. The summed E-state index contributed by atoms with van der Waals surface area (Å²) in [6, 6.07) is 3.32. The Bertz CT molecular complexity index is 709. The quantitative estimate of drug-likeness (QED) is 0.503. The number of hydrogen-bond donors (Lipinski definition) is 1. The van der Waals surface area contributed by atoms with Gasteiger partial charge >= 0.3 is 6.09 Å². The number of rotatable bonds is 5. The zero-order valence-corrected chi connectivity index (χ0v) is 12.7. The number of carbonyl (C=O) groups is 1. The first kappa shape index (κ1) is 16.1. The van der Waals surface area contributed by atoms with Gasteiger partial charge in [0.1, 0.15) is 5.82 Å². The minimum atomic E-state index is -0.727. The van der Waals surface area contributed by atoms with Crippen molar-refractivity contribution in [1.82, 2.24) is 10.2 Å². The van der Waals surface area contributed by atoms with E-state index in [0.29, 0.717) is 4.34 Å². The van der Waals surface area contributed by atoms with Gasteiger partial charge in [-0.2, -0.15) is 0 Å². The smallest absolute Gasteiger partial charge is 0.413 e. The summed E-state index contributed by atoms with van der Waals surface area (Å²) in [5.74, 6) is -0.727. The molecular formula is C11H9FN4O4S2. The van der Waals surface area contributed by atoms with Crippen molar-refractivity contribution in [3.63, 3.8) is 0 Å². The number of nitro benzene ring substituents is 1. The Kier molecular flexibility index (Phi) is 5.22. The Morgan fingerprint density at radius 2 is 2.32 bits per heavy atom. The molecule has 0 bridgehead atoms. The molecule has 0 radical (unpaired) electrons. The van der Waals surface area contributed by atoms with E-state index in [1.54, 1.807) is 6.92 Å². The minimum Gasteiger partial charge on any atom is -0.450 e. The van der Waals surface area contributed by atoms with Crippen molar-refractivity contribution in [3.05, 3.63) is 34.1 Å². The van der Waals surface area contributed by atoms with E-state index in [-0.39, 0.29) is 22.3 Å². The van der Waals surface area contributed by atoms with Crippen LogP contribution in [-0.4, -0.2) is 27.8 Å². The summed E-state index contributed by atoms with van der Waals surface area (Å²) in [5, 5.41) is 20.6. The molecule has 0 aliphatic rings. The van der Waals surface area contributed by atoms with Crippen molar-refractivity contribution < 1.29 is 18.8 Å². The third-order valence-electron chi connectivity index (χ3n) is 2.21. The first-order valence-corrected chi connectivity index (χ1v) is 7.52. The number of nitrogens with one attached hydrogen (secondary N) is 1. The third-order valence-corrected chi connectivity index (χ3v) is 4.16. The molecule has 1 amide bonds.